The van der Waals surface area contributed by atoms with E-state index in [-0.39, 0.29) is 30.5 Å². The summed E-state index contributed by atoms with van der Waals surface area (Å²) in [5.74, 6) is -0.200. The maximum atomic E-state index is 14.2. The number of hydrogen-bond acceptors (Lipinski definition) is 5. The molecule has 0 aromatic heterocycles. The number of sulfonamides is 1. The lowest BCUT2D eigenvalue weighted by molar-refractivity contribution is 0.301. The van der Waals surface area contributed by atoms with Crippen LogP contribution in [0.25, 0.3) is 0 Å². The maximum Gasteiger partial charge on any atom is 0.267 e. The van der Waals surface area contributed by atoms with Crippen molar-refractivity contribution in [1.29, 1.82) is 0 Å². The summed E-state index contributed by atoms with van der Waals surface area (Å²) in [4.78, 5) is 4.14. The van der Waals surface area contributed by atoms with Crippen LogP contribution in [-0.4, -0.2) is 59.7 Å². The molecule has 9 heteroatoms. The molecular formula is C19H23ClFN3O3S. The Labute approximate surface area is 171 Å². The van der Waals surface area contributed by atoms with Crippen molar-refractivity contribution in [2.24, 2.45) is 0 Å². The first-order valence-electron chi connectivity index (χ1n) is 8.95. The van der Waals surface area contributed by atoms with E-state index in [9.17, 15) is 12.8 Å². The second-order valence-electron chi connectivity index (χ2n) is 6.77. The number of anilines is 2. The molecule has 0 N–H and O–H groups in total. The molecule has 1 fully saturated rings. The second-order valence-corrected chi connectivity index (χ2v) is 8.60. The van der Waals surface area contributed by atoms with Gasteiger partial charge in [-0.05, 0) is 31.3 Å². The number of piperazine rings is 1. The summed E-state index contributed by atoms with van der Waals surface area (Å²) in [5, 5.41) is 0. The van der Waals surface area contributed by atoms with Crippen LogP contribution in [0.1, 0.15) is 0 Å². The summed E-state index contributed by atoms with van der Waals surface area (Å²) in [6.45, 7) is 3.93. The lowest BCUT2D eigenvalue weighted by Crippen LogP contribution is -2.45. The molecule has 0 radical (unpaired) electrons. The van der Waals surface area contributed by atoms with Gasteiger partial charge in [-0.15, -0.1) is 12.4 Å². The number of benzene rings is 2. The van der Waals surface area contributed by atoms with Crippen molar-refractivity contribution in [2.75, 3.05) is 55.6 Å². The zero-order valence-electron chi connectivity index (χ0n) is 15.5. The Morgan fingerprint density at radius 1 is 0.929 bits per heavy atom. The van der Waals surface area contributed by atoms with Crippen LogP contribution < -0.4 is 13.9 Å². The van der Waals surface area contributed by atoms with Crippen molar-refractivity contribution >= 4 is 33.8 Å². The normalized spacial score (nSPS) is 17.5. The van der Waals surface area contributed by atoms with Gasteiger partial charge in [-0.1, -0.05) is 18.2 Å². The summed E-state index contributed by atoms with van der Waals surface area (Å²) in [7, 11) is -1.93. The minimum absolute atomic E-state index is 0. The topological polar surface area (TPSA) is 53.1 Å². The van der Waals surface area contributed by atoms with Crippen LogP contribution in [0, 0.1) is 5.82 Å². The van der Waals surface area contributed by atoms with Crippen LogP contribution >= 0.6 is 12.4 Å². The molecule has 2 heterocycles. The average Bonchev–Trinajstić information content (AvgIpc) is 2.68. The first-order valence-corrected chi connectivity index (χ1v) is 10.4. The number of hydrogen-bond donors (Lipinski definition) is 0. The van der Waals surface area contributed by atoms with Crippen LogP contribution in [0.5, 0.6) is 5.75 Å². The number of nitrogens with zero attached hydrogens (tertiary/aromatic N) is 3. The van der Waals surface area contributed by atoms with E-state index in [1.165, 1.54) is 22.5 Å². The summed E-state index contributed by atoms with van der Waals surface area (Å²) in [6, 6.07) is 10.9. The molecule has 4 rings (SSSR count). The Morgan fingerprint density at radius 2 is 1.61 bits per heavy atom. The first-order chi connectivity index (χ1) is 13.0. The number of rotatable bonds is 3. The van der Waals surface area contributed by atoms with Crippen LogP contribution in [-0.2, 0) is 10.0 Å². The molecule has 28 heavy (non-hydrogen) atoms. The predicted molar refractivity (Wildman–Crippen MR) is 110 cm³/mol. The highest BCUT2D eigenvalue weighted by Gasteiger charge is 2.34. The van der Waals surface area contributed by atoms with Crippen molar-refractivity contribution in [3.8, 4) is 5.75 Å². The van der Waals surface area contributed by atoms with Gasteiger partial charge in [-0.25, -0.2) is 12.8 Å². The van der Waals surface area contributed by atoms with Crippen LogP contribution in [0.2, 0.25) is 0 Å². The summed E-state index contributed by atoms with van der Waals surface area (Å²) < 4.78 is 47.5. The summed E-state index contributed by atoms with van der Waals surface area (Å²) in [6.07, 6.45) is 0. The molecule has 6 nitrogen and oxygen atoms in total. The van der Waals surface area contributed by atoms with E-state index in [4.69, 9.17) is 4.74 Å². The zero-order valence-corrected chi connectivity index (χ0v) is 17.2. The number of likely N-dealkylation sites (N-methyl/N-ethyl adjacent to an activating group) is 1. The molecule has 0 amide bonds. The molecule has 2 aliphatic heterocycles. The fourth-order valence-corrected chi connectivity index (χ4v) is 5.05. The van der Waals surface area contributed by atoms with E-state index in [1.807, 2.05) is 12.1 Å². The Kier molecular flexibility index (Phi) is 6.02. The third kappa shape index (κ3) is 3.64. The minimum Gasteiger partial charge on any atom is -0.487 e. The first kappa shape index (κ1) is 20.7. The molecule has 0 atom stereocenters. The lowest BCUT2D eigenvalue weighted by Gasteiger charge is -2.37. The van der Waals surface area contributed by atoms with Crippen LogP contribution in [0.4, 0.5) is 15.8 Å². The molecule has 0 saturated carbocycles. The SMILES string of the molecule is CN1CCN(c2cccc3c2OCCN3S(=O)(=O)c2ccccc2F)CC1.Cl. The second kappa shape index (κ2) is 8.14. The van der Waals surface area contributed by atoms with E-state index in [2.05, 4.69) is 16.8 Å². The Hall–Kier alpha value is -2.03. The molecule has 0 unspecified atom stereocenters. The van der Waals surface area contributed by atoms with Gasteiger partial charge in [0, 0.05) is 26.2 Å². The van der Waals surface area contributed by atoms with Gasteiger partial charge in [0.25, 0.3) is 10.0 Å². The average molecular weight is 428 g/mol. The third-order valence-electron chi connectivity index (χ3n) is 5.03. The Bertz CT molecular complexity index is 949. The molecule has 2 aliphatic rings. The Balaban J connectivity index is 0.00000225. The minimum atomic E-state index is -4.01. The maximum absolute atomic E-state index is 14.2. The highest BCUT2D eigenvalue weighted by atomic mass is 35.5. The molecule has 2 aromatic carbocycles. The van der Waals surface area contributed by atoms with Crippen molar-refractivity contribution in [2.45, 2.75) is 4.90 Å². The van der Waals surface area contributed by atoms with Gasteiger partial charge in [-0.2, -0.15) is 0 Å². The summed E-state index contributed by atoms with van der Waals surface area (Å²) >= 11 is 0. The van der Waals surface area contributed by atoms with Crippen molar-refractivity contribution in [3.63, 3.8) is 0 Å². The highest BCUT2D eigenvalue weighted by molar-refractivity contribution is 7.92. The number of fused-ring (bicyclic) bond motifs is 1. The molecule has 2 aromatic rings. The number of para-hydroxylation sites is 1. The zero-order chi connectivity index (χ0) is 19.0. The molecule has 0 bridgehead atoms. The molecular weight excluding hydrogens is 405 g/mol. The van der Waals surface area contributed by atoms with E-state index >= 15 is 0 Å². The number of ether oxygens (including phenoxy) is 1. The Morgan fingerprint density at radius 3 is 2.32 bits per heavy atom. The third-order valence-corrected chi connectivity index (χ3v) is 6.88. The van der Waals surface area contributed by atoms with Crippen molar-refractivity contribution < 1.29 is 17.5 Å². The highest BCUT2D eigenvalue weighted by Crippen LogP contribution is 2.42. The standard InChI is InChI=1S/C19H22FN3O3S.ClH/c1-21-9-11-22(12-10-21)16-6-4-7-17-19(16)26-14-13-23(17)27(24,25)18-8-3-2-5-15(18)20;/h2-8H,9-14H2,1H3;1H. The van der Waals surface area contributed by atoms with Gasteiger partial charge in [0.1, 0.15) is 17.3 Å². The van der Waals surface area contributed by atoms with E-state index in [1.54, 1.807) is 6.07 Å². The van der Waals surface area contributed by atoms with Gasteiger partial charge >= 0.3 is 0 Å². The van der Waals surface area contributed by atoms with E-state index < -0.39 is 15.8 Å². The largest absolute Gasteiger partial charge is 0.487 e. The lowest BCUT2D eigenvalue weighted by atomic mass is 10.2. The smallest absolute Gasteiger partial charge is 0.267 e. The molecule has 1 saturated heterocycles. The quantitative estimate of drug-likeness (QED) is 0.753. The van der Waals surface area contributed by atoms with Gasteiger partial charge in [0.05, 0.1) is 17.9 Å². The molecule has 152 valence electrons. The van der Waals surface area contributed by atoms with E-state index in [0.717, 1.165) is 37.9 Å². The van der Waals surface area contributed by atoms with Gasteiger partial charge in [0.2, 0.25) is 0 Å². The van der Waals surface area contributed by atoms with Crippen molar-refractivity contribution in [1.82, 2.24) is 4.90 Å². The van der Waals surface area contributed by atoms with Gasteiger partial charge in [-0.3, -0.25) is 4.31 Å². The van der Waals surface area contributed by atoms with Crippen molar-refractivity contribution in [3.05, 3.63) is 48.3 Å². The van der Waals surface area contributed by atoms with Gasteiger partial charge in [0.15, 0.2) is 5.75 Å². The molecule has 0 aliphatic carbocycles. The van der Waals surface area contributed by atoms with E-state index in [0.29, 0.717) is 11.4 Å². The molecule has 0 spiro atoms. The fourth-order valence-electron chi connectivity index (χ4n) is 3.53. The van der Waals surface area contributed by atoms with Crippen LogP contribution in [0.15, 0.2) is 47.4 Å². The van der Waals surface area contributed by atoms with Crippen LogP contribution in [0.3, 0.4) is 0 Å². The monoisotopic (exact) mass is 427 g/mol. The fraction of sp³-hybridized carbons (Fsp3) is 0.368. The summed E-state index contributed by atoms with van der Waals surface area (Å²) in [5.41, 5.74) is 1.34. The predicted octanol–water partition coefficient (Wildman–Crippen LogP) is 2.59. The van der Waals surface area contributed by atoms with Gasteiger partial charge < -0.3 is 14.5 Å². The number of halogens is 2.